The molecule has 1 heterocycles. The Bertz CT molecular complexity index is 1630. The molecule has 49 heavy (non-hydrogen) atoms. The van der Waals surface area contributed by atoms with Crippen molar-refractivity contribution in [3.05, 3.63) is 66.2 Å². The monoisotopic (exact) mass is 1240 g/mol. The maximum Gasteiger partial charge on any atom is 0.524 e. The number of benzene rings is 2. The van der Waals surface area contributed by atoms with Gasteiger partial charge in [0.1, 0.15) is 41.0 Å². The molecule has 3 aromatic rings. The molecular weight excluding hydrogens is 1200 g/mol. The number of aryl methyl sites for hydroxylation is 1. The molecule has 5 N–H and O–H groups in total. The van der Waals surface area contributed by atoms with E-state index in [0.717, 1.165) is 0 Å². The van der Waals surface area contributed by atoms with Crippen LogP contribution in [-0.2, 0) is 33.4 Å². The minimum absolute atomic E-state index is 0. The van der Waals surface area contributed by atoms with Gasteiger partial charge in [-0.15, -0.1) is 4.57 Å². The molecule has 3 rings (SSSR count). The predicted molar refractivity (Wildman–Crippen MR) is 168 cm³/mol. The number of nitrogens with zero attached hydrogens (tertiary/aromatic N) is 4. The number of ether oxygens (including phenoxy) is 2. The van der Waals surface area contributed by atoms with E-state index in [0.29, 0.717) is 31.4 Å². The first-order valence-electron chi connectivity index (χ1n) is 14.2. The van der Waals surface area contributed by atoms with E-state index in [-0.39, 0.29) is 52.2 Å². The molecule has 1 unspecified atom stereocenters. The molecule has 19 heteroatoms. The molecule has 15 nitrogen and oxygen atoms in total. The van der Waals surface area contributed by atoms with E-state index < -0.39 is 31.7 Å². The van der Waals surface area contributed by atoms with Crippen molar-refractivity contribution in [3.8, 4) is 23.0 Å². The number of imidazole rings is 1. The van der Waals surface area contributed by atoms with Crippen molar-refractivity contribution >= 4 is 32.4 Å². The number of alkyl carbamates (subject to hydrolysis) is 1. The van der Waals surface area contributed by atoms with Gasteiger partial charge in [0, 0.05) is 47.2 Å². The van der Waals surface area contributed by atoms with Gasteiger partial charge < -0.3 is 29.5 Å². The second-order valence-corrected chi connectivity index (χ2v) is 12.4. The van der Waals surface area contributed by atoms with Crippen molar-refractivity contribution < 1.29 is 69.8 Å². The average molecular weight is 1240 g/mol. The molecule has 0 bridgehead atoms. The first kappa shape index (κ1) is 42.8. The number of rotatable bonds is 13. The van der Waals surface area contributed by atoms with Crippen LogP contribution in [0.5, 0.6) is 23.0 Å². The van der Waals surface area contributed by atoms with Crippen molar-refractivity contribution in [2.45, 2.75) is 51.7 Å². The number of aromatic hydroxyl groups is 2. The Balaban J connectivity index is 0.00000768. The van der Waals surface area contributed by atoms with E-state index in [9.17, 15) is 24.4 Å². The van der Waals surface area contributed by atoms with Gasteiger partial charge in [-0.25, -0.2) is 13.9 Å². The third-order valence-corrected chi connectivity index (χ3v) is 6.46. The number of phenols is 2. The van der Waals surface area contributed by atoms with Crippen LogP contribution < -0.4 is 19.1 Å². The number of nitrogens with one attached hydrogen (secondary N) is 1. The van der Waals surface area contributed by atoms with E-state index >= 15 is 0 Å². The molecule has 1 aromatic heterocycles. The fraction of sp³-hybridized carbons (Fsp3) is 0.367. The number of phosphoric ester groups is 1. The third kappa shape index (κ3) is 15.3. The molecule has 1 atom stereocenters. The summed E-state index contributed by atoms with van der Waals surface area (Å²) in [7, 11) is -3.04. The second-order valence-electron chi connectivity index (χ2n) is 11.2. The van der Waals surface area contributed by atoms with E-state index in [4.69, 9.17) is 19.3 Å². The molecule has 0 saturated heterocycles. The number of unbranched alkanes of at least 4 members (excludes halogenated alkanes) is 1. The summed E-state index contributed by atoms with van der Waals surface area (Å²) in [6, 6.07) is 7.54. The summed E-state index contributed by atoms with van der Waals surface area (Å²) in [6.45, 7) is 5.84. The first-order valence-corrected chi connectivity index (χ1v) is 15.8. The Kier molecular flexibility index (Phi) is 16.4. The molecule has 1 amide bonds. The van der Waals surface area contributed by atoms with Gasteiger partial charge in [-0.05, 0) is 76.4 Å². The summed E-state index contributed by atoms with van der Waals surface area (Å²) >= 11 is 0. The summed E-state index contributed by atoms with van der Waals surface area (Å²) in [6.07, 6.45) is 8.16. The molecule has 0 fully saturated rings. The van der Waals surface area contributed by atoms with Crippen molar-refractivity contribution in [1.82, 2.24) is 9.88 Å². The minimum Gasteiger partial charge on any atom is -0.507 e. The summed E-state index contributed by atoms with van der Waals surface area (Å²) in [5, 5.41) is 23.3. The zero-order chi connectivity index (χ0) is 33.9. The quantitative estimate of drug-likeness (QED) is 0.0550. The number of hydrogen-bond donors (Lipinski definition) is 5. The average Bonchev–Trinajstić information content (AvgIpc) is 3.39. The van der Waals surface area contributed by atoms with Crippen LogP contribution in [0.1, 0.15) is 51.2 Å². The van der Waals surface area contributed by atoms with Gasteiger partial charge in [-0.1, -0.05) is 0 Å². The Labute approximate surface area is 282 Å². The molecular formula is C30H39CuFm2N5O10P+. The van der Waals surface area contributed by atoms with Crippen molar-refractivity contribution in [1.29, 1.82) is 0 Å². The molecule has 0 aliphatic rings. The van der Waals surface area contributed by atoms with E-state index in [1.807, 2.05) is 0 Å². The Morgan fingerprint density at radius 2 is 1.63 bits per heavy atom. The standard InChI is InChI=1S/C30H38N5O10P.Cu.2Fm/c1-30(2,3)44-28(38)32-12-6-5-7-23(19-31-17-21-16-25(9-11-26(21)36)45-46(40,41)42)33-18-22-15-24(8-10-27(22)37)43-29(39)35-14-13-34(4)20-35;;;/h8-11,13-18,20,23H,5-7,12,19H2,1-4H3,(H4-,31,32,33,36,37,38,40,41,42);;;/p+1. The molecule has 0 saturated carbocycles. The summed E-state index contributed by atoms with van der Waals surface area (Å²) < 4.78 is 29.4. The van der Waals surface area contributed by atoms with Gasteiger partial charge in [-0.3, -0.25) is 19.8 Å². The summed E-state index contributed by atoms with van der Waals surface area (Å²) in [5.74, 6) is -0.232. The van der Waals surface area contributed by atoms with Gasteiger partial charge in [0.2, 0.25) is 0 Å². The topological polar surface area (TPSA) is 205 Å². The van der Waals surface area contributed by atoms with Crippen LogP contribution in [0.25, 0.3) is 0 Å². The Morgan fingerprint density at radius 3 is 2.22 bits per heavy atom. The maximum absolute atomic E-state index is 12.4. The smallest absolute Gasteiger partial charge is 0.507 e. The van der Waals surface area contributed by atoms with E-state index in [1.165, 1.54) is 53.4 Å². The fourth-order valence-corrected chi connectivity index (χ4v) is 4.31. The second kappa shape index (κ2) is 18.8. The molecule has 1 radical (unpaired) electrons. The summed E-state index contributed by atoms with van der Waals surface area (Å²) in [5.41, 5.74) is -0.151. The number of carbonyl (C=O) groups is 2. The zero-order valence-electron chi connectivity index (χ0n) is 26.8. The largest absolute Gasteiger partial charge is 0.524 e. The Hall–Kier alpha value is -6.20. The summed E-state index contributed by atoms with van der Waals surface area (Å²) in [4.78, 5) is 51.4. The van der Waals surface area contributed by atoms with Crippen LogP contribution in [0, 0.1) is 0 Å². The fourth-order valence-electron chi connectivity index (χ4n) is 3.92. The number of phosphoric acid groups is 1. The Morgan fingerprint density at radius 1 is 1.02 bits per heavy atom. The van der Waals surface area contributed by atoms with Crippen LogP contribution in [0.3, 0.4) is 0 Å². The number of hydrogen-bond acceptors (Lipinski definition) is 10. The van der Waals surface area contributed by atoms with Crippen molar-refractivity contribution in [2.24, 2.45) is 17.0 Å². The zero-order valence-corrected chi connectivity index (χ0v) is 33.5. The molecule has 0 aliphatic heterocycles. The molecule has 2 aromatic carbocycles. The van der Waals surface area contributed by atoms with Crippen LogP contribution >= 0.6 is 7.82 Å². The normalized spacial score (nSPS) is 12.0. The predicted octanol–water partition coefficient (Wildman–Crippen LogP) is 3.84. The van der Waals surface area contributed by atoms with Crippen molar-refractivity contribution in [2.75, 3.05) is 13.1 Å². The maximum atomic E-state index is 12.4. The van der Waals surface area contributed by atoms with E-state index in [1.54, 1.807) is 51.1 Å². The number of carbonyl (C=O) groups excluding carboxylic acids is 2. The number of aromatic nitrogens is 2. The minimum atomic E-state index is -4.80. The van der Waals surface area contributed by atoms with Gasteiger partial charge in [0.15, 0.2) is 0 Å². The third-order valence-electron chi connectivity index (χ3n) is 6.01. The van der Waals surface area contributed by atoms with Gasteiger partial charge in [-0.2, -0.15) is 4.79 Å². The molecule has 283 valence electrons. The molecule has 0 aliphatic carbocycles. The van der Waals surface area contributed by atoms with Crippen LogP contribution in [0.2, 0.25) is 0 Å². The van der Waals surface area contributed by atoms with Gasteiger partial charge in [0.25, 0.3) is 6.33 Å². The number of phenolic OH excluding ortho intramolecular Hbond substituents is 2. The molecule has 0 spiro atoms. The van der Waals surface area contributed by atoms with Crippen LogP contribution in [0.4, 0.5) is 9.59 Å². The van der Waals surface area contributed by atoms with Gasteiger partial charge >= 0.3 is 20.0 Å². The number of amides is 1. The SMILES string of the molecule is C[n+]1ccn(C(=O)Oc2ccc(O)c(C=NC(CCCCNC(=O)OC(C)(C)C)CN=Cc3cc(OP(=O)(O)O)ccc3O)c2)c1.[Cu].[Fm].[Fm]. The van der Waals surface area contributed by atoms with Crippen LogP contribution in [0.15, 0.2) is 65.1 Å². The first-order chi connectivity index (χ1) is 21.6. The number of aliphatic imine (C=N–C) groups is 2. The van der Waals surface area contributed by atoms with Crippen molar-refractivity contribution in [3.63, 3.8) is 0 Å². The van der Waals surface area contributed by atoms with Crippen LogP contribution in [-0.4, -0.2) is 73.9 Å². The van der Waals surface area contributed by atoms with E-state index in [2.05, 4.69) is 19.8 Å². The van der Waals surface area contributed by atoms with Gasteiger partial charge in [0.05, 0.1) is 19.6 Å².